The van der Waals surface area contributed by atoms with Gasteiger partial charge < -0.3 is 9.64 Å². The van der Waals surface area contributed by atoms with Crippen LogP contribution in [0.3, 0.4) is 0 Å². The summed E-state index contributed by atoms with van der Waals surface area (Å²) in [5, 5.41) is 8.92. The molecule has 20 heavy (non-hydrogen) atoms. The van der Waals surface area contributed by atoms with Gasteiger partial charge in [0.05, 0.1) is 23.9 Å². The SMILES string of the molecule is Cc1cc(C#N)ccc1N1CCOc2ccc(F)cc21. The molecule has 0 atom stereocenters. The maximum absolute atomic E-state index is 13.5. The summed E-state index contributed by atoms with van der Waals surface area (Å²) in [5.74, 6) is 0.395. The summed E-state index contributed by atoms with van der Waals surface area (Å²) < 4.78 is 19.0. The summed E-state index contributed by atoms with van der Waals surface area (Å²) in [6.07, 6.45) is 0. The molecule has 0 spiro atoms. The number of rotatable bonds is 1. The van der Waals surface area contributed by atoms with E-state index >= 15 is 0 Å². The van der Waals surface area contributed by atoms with Gasteiger partial charge in [0.1, 0.15) is 18.2 Å². The third-order valence-corrected chi connectivity index (χ3v) is 3.40. The molecule has 2 aromatic carbocycles. The number of nitriles is 1. The lowest BCUT2D eigenvalue weighted by molar-refractivity contribution is 0.313. The zero-order valence-electron chi connectivity index (χ0n) is 11.1. The van der Waals surface area contributed by atoms with E-state index < -0.39 is 0 Å². The molecule has 0 amide bonds. The summed E-state index contributed by atoms with van der Waals surface area (Å²) in [4.78, 5) is 2.03. The highest BCUT2D eigenvalue weighted by Gasteiger charge is 2.21. The van der Waals surface area contributed by atoms with E-state index in [1.807, 2.05) is 24.0 Å². The van der Waals surface area contributed by atoms with Crippen LogP contribution in [0.2, 0.25) is 0 Å². The van der Waals surface area contributed by atoms with Gasteiger partial charge >= 0.3 is 0 Å². The van der Waals surface area contributed by atoms with Crippen molar-refractivity contribution in [3.63, 3.8) is 0 Å². The molecule has 0 fully saturated rings. The van der Waals surface area contributed by atoms with Gasteiger partial charge in [0, 0.05) is 11.8 Å². The Morgan fingerprint density at radius 2 is 2.05 bits per heavy atom. The lowest BCUT2D eigenvalue weighted by Crippen LogP contribution is -2.29. The van der Waals surface area contributed by atoms with Gasteiger partial charge in [0.2, 0.25) is 0 Å². The van der Waals surface area contributed by atoms with Crippen LogP contribution in [0.5, 0.6) is 5.75 Å². The number of halogens is 1. The van der Waals surface area contributed by atoms with Crippen LogP contribution >= 0.6 is 0 Å². The molecule has 0 radical (unpaired) electrons. The van der Waals surface area contributed by atoms with Crippen molar-refractivity contribution in [1.29, 1.82) is 5.26 Å². The Bertz CT molecular complexity index is 706. The van der Waals surface area contributed by atoms with Crippen molar-refractivity contribution in [2.24, 2.45) is 0 Å². The molecule has 0 bridgehead atoms. The van der Waals surface area contributed by atoms with Gasteiger partial charge in [-0.05, 0) is 42.8 Å². The van der Waals surface area contributed by atoms with Crippen LogP contribution < -0.4 is 9.64 Å². The Hall–Kier alpha value is -2.54. The molecular formula is C16H13FN2O. The first-order valence-electron chi connectivity index (χ1n) is 6.39. The van der Waals surface area contributed by atoms with Gasteiger partial charge in [-0.15, -0.1) is 0 Å². The number of fused-ring (bicyclic) bond motifs is 1. The van der Waals surface area contributed by atoms with E-state index in [4.69, 9.17) is 10.00 Å². The summed E-state index contributed by atoms with van der Waals surface area (Å²) in [6, 6.07) is 12.2. The van der Waals surface area contributed by atoms with E-state index in [9.17, 15) is 4.39 Å². The van der Waals surface area contributed by atoms with Crippen LogP contribution in [0.15, 0.2) is 36.4 Å². The third kappa shape index (κ3) is 2.08. The van der Waals surface area contributed by atoms with Crippen molar-refractivity contribution < 1.29 is 9.13 Å². The minimum atomic E-state index is -0.287. The fourth-order valence-electron chi connectivity index (χ4n) is 2.47. The maximum atomic E-state index is 13.5. The molecule has 1 aliphatic heterocycles. The number of benzene rings is 2. The number of anilines is 2. The van der Waals surface area contributed by atoms with E-state index in [0.29, 0.717) is 24.5 Å². The van der Waals surface area contributed by atoms with Gasteiger partial charge in [-0.1, -0.05) is 0 Å². The molecule has 2 aromatic rings. The summed E-state index contributed by atoms with van der Waals surface area (Å²) >= 11 is 0. The van der Waals surface area contributed by atoms with Gasteiger partial charge in [-0.3, -0.25) is 0 Å². The Kier molecular flexibility index (Phi) is 3.03. The highest BCUT2D eigenvalue weighted by molar-refractivity contribution is 5.72. The Balaban J connectivity index is 2.09. The molecule has 0 aliphatic carbocycles. The van der Waals surface area contributed by atoms with Crippen molar-refractivity contribution in [3.8, 4) is 11.8 Å². The first-order chi connectivity index (χ1) is 9.69. The lowest BCUT2D eigenvalue weighted by atomic mass is 10.1. The molecular weight excluding hydrogens is 255 g/mol. The second kappa shape index (κ2) is 4.86. The Labute approximate surface area is 116 Å². The summed E-state index contributed by atoms with van der Waals surface area (Å²) in [6.45, 7) is 3.16. The van der Waals surface area contributed by atoms with Crippen LogP contribution in [-0.4, -0.2) is 13.2 Å². The molecule has 100 valence electrons. The summed E-state index contributed by atoms with van der Waals surface area (Å²) in [5.41, 5.74) is 3.31. The molecule has 3 rings (SSSR count). The third-order valence-electron chi connectivity index (χ3n) is 3.40. The number of aryl methyl sites for hydroxylation is 1. The average Bonchev–Trinajstić information content (AvgIpc) is 2.46. The minimum Gasteiger partial charge on any atom is -0.490 e. The standard InChI is InChI=1S/C16H13FN2O/c1-11-8-12(10-18)2-4-14(11)19-6-7-20-16-5-3-13(17)9-15(16)19/h2-5,8-9H,6-7H2,1H3. The van der Waals surface area contributed by atoms with Gasteiger partial charge in [0.15, 0.2) is 0 Å². The first kappa shape index (κ1) is 12.5. The largest absolute Gasteiger partial charge is 0.490 e. The van der Waals surface area contributed by atoms with E-state index in [-0.39, 0.29) is 5.82 Å². The van der Waals surface area contributed by atoms with Crippen LogP contribution in [-0.2, 0) is 0 Å². The van der Waals surface area contributed by atoms with Crippen molar-refractivity contribution in [2.45, 2.75) is 6.92 Å². The monoisotopic (exact) mass is 268 g/mol. The predicted octanol–water partition coefficient (Wildman–Crippen LogP) is 3.54. The summed E-state index contributed by atoms with van der Waals surface area (Å²) in [7, 11) is 0. The smallest absolute Gasteiger partial charge is 0.143 e. The Morgan fingerprint density at radius 3 is 2.80 bits per heavy atom. The molecule has 1 heterocycles. The molecule has 0 unspecified atom stereocenters. The highest BCUT2D eigenvalue weighted by atomic mass is 19.1. The molecule has 0 saturated heterocycles. The topological polar surface area (TPSA) is 36.3 Å². The van der Waals surface area contributed by atoms with Crippen LogP contribution in [0, 0.1) is 24.1 Å². The molecule has 4 heteroatoms. The zero-order chi connectivity index (χ0) is 14.1. The average molecular weight is 268 g/mol. The second-order valence-electron chi connectivity index (χ2n) is 4.73. The van der Waals surface area contributed by atoms with E-state index in [1.165, 1.54) is 12.1 Å². The number of ether oxygens (including phenoxy) is 1. The molecule has 0 N–H and O–H groups in total. The van der Waals surface area contributed by atoms with Gasteiger partial charge in [0.25, 0.3) is 0 Å². The Morgan fingerprint density at radius 1 is 1.20 bits per heavy atom. The lowest BCUT2D eigenvalue weighted by Gasteiger charge is -2.32. The fourth-order valence-corrected chi connectivity index (χ4v) is 2.47. The van der Waals surface area contributed by atoms with E-state index in [2.05, 4.69) is 6.07 Å². The van der Waals surface area contributed by atoms with Gasteiger partial charge in [-0.2, -0.15) is 5.26 Å². The number of hydrogen-bond donors (Lipinski definition) is 0. The zero-order valence-corrected chi connectivity index (χ0v) is 11.1. The van der Waals surface area contributed by atoms with Crippen molar-refractivity contribution in [3.05, 3.63) is 53.3 Å². The van der Waals surface area contributed by atoms with Crippen LogP contribution in [0.25, 0.3) is 0 Å². The van der Waals surface area contributed by atoms with Crippen molar-refractivity contribution in [2.75, 3.05) is 18.1 Å². The fraction of sp³-hybridized carbons (Fsp3) is 0.188. The van der Waals surface area contributed by atoms with Crippen LogP contribution in [0.1, 0.15) is 11.1 Å². The number of nitrogens with zero attached hydrogens (tertiary/aromatic N) is 2. The molecule has 0 aromatic heterocycles. The molecule has 1 aliphatic rings. The maximum Gasteiger partial charge on any atom is 0.143 e. The quantitative estimate of drug-likeness (QED) is 0.793. The van der Waals surface area contributed by atoms with Crippen molar-refractivity contribution in [1.82, 2.24) is 0 Å². The van der Waals surface area contributed by atoms with E-state index in [1.54, 1.807) is 12.1 Å². The molecule has 3 nitrogen and oxygen atoms in total. The van der Waals surface area contributed by atoms with Crippen molar-refractivity contribution >= 4 is 11.4 Å². The van der Waals surface area contributed by atoms with E-state index in [0.717, 1.165) is 16.9 Å². The second-order valence-corrected chi connectivity index (χ2v) is 4.73. The first-order valence-corrected chi connectivity index (χ1v) is 6.39. The highest BCUT2D eigenvalue weighted by Crippen LogP contribution is 2.38. The normalized spacial score (nSPS) is 13.3. The van der Waals surface area contributed by atoms with Gasteiger partial charge in [-0.25, -0.2) is 4.39 Å². The number of hydrogen-bond acceptors (Lipinski definition) is 3. The molecule has 0 saturated carbocycles. The van der Waals surface area contributed by atoms with Crippen LogP contribution in [0.4, 0.5) is 15.8 Å². The minimum absolute atomic E-state index is 0.287. The predicted molar refractivity (Wildman–Crippen MR) is 74.8 cm³/mol.